The average molecular weight is 1150 g/mol. The van der Waals surface area contributed by atoms with Crippen molar-refractivity contribution in [2.24, 2.45) is 0 Å². The fourth-order valence-corrected chi connectivity index (χ4v) is 10.1. The van der Waals surface area contributed by atoms with E-state index in [0.717, 1.165) is 109 Å². The number of aliphatic hydroxyl groups excluding tert-OH is 5. The van der Waals surface area contributed by atoms with Crippen LogP contribution in [0, 0.1) is 0 Å². The highest BCUT2D eigenvalue weighted by Crippen LogP contribution is 2.26. The van der Waals surface area contributed by atoms with Crippen LogP contribution < -0.4 is 5.32 Å². The molecular weight excluding hydrogens is 1030 g/mol. The molecule has 1 aliphatic rings. The molecule has 0 aliphatic carbocycles. The lowest BCUT2D eigenvalue weighted by Gasteiger charge is -2.41. The highest BCUT2D eigenvalue weighted by molar-refractivity contribution is 5.80. The minimum Gasteiger partial charge on any atom is -0.454 e. The minimum atomic E-state index is -1.62. The first-order valence-electron chi connectivity index (χ1n) is 33.9. The van der Waals surface area contributed by atoms with Crippen molar-refractivity contribution in [2.75, 3.05) is 13.2 Å². The van der Waals surface area contributed by atoms with Gasteiger partial charge in [0.15, 0.2) is 12.4 Å². The smallest absolute Gasteiger partial charge is 0.306 e. The van der Waals surface area contributed by atoms with Gasteiger partial charge in [-0.15, -0.1) is 0 Å². The molecule has 0 spiro atoms. The van der Waals surface area contributed by atoms with E-state index in [1.165, 1.54) is 135 Å². The first-order valence-corrected chi connectivity index (χ1v) is 33.9. The molecule has 1 heterocycles. The van der Waals surface area contributed by atoms with E-state index in [2.05, 4.69) is 99.0 Å². The summed E-state index contributed by atoms with van der Waals surface area (Å²) in [7, 11) is 0. The number of aliphatic hydroxyl groups is 5. The normalized spacial score (nSPS) is 19.1. The molecule has 8 unspecified atom stereocenters. The average Bonchev–Trinajstić information content (AvgIpc) is 3.44. The summed E-state index contributed by atoms with van der Waals surface area (Å²) in [6.45, 7) is 5.74. The molecule has 0 aromatic carbocycles. The summed E-state index contributed by atoms with van der Waals surface area (Å²) < 4.78 is 17.7. The summed E-state index contributed by atoms with van der Waals surface area (Å²) in [5.74, 6) is -1.21. The number of rotatable bonds is 57. The maximum atomic E-state index is 13.5. The van der Waals surface area contributed by atoms with E-state index in [-0.39, 0.29) is 19.4 Å². The van der Waals surface area contributed by atoms with Gasteiger partial charge in [-0.3, -0.25) is 9.59 Å². The van der Waals surface area contributed by atoms with E-state index in [0.29, 0.717) is 12.8 Å². The number of ether oxygens (including phenoxy) is 3. The predicted octanol–water partition coefficient (Wildman–Crippen LogP) is 16.9. The first-order chi connectivity index (χ1) is 40.2. The number of allylic oxidation sites excluding steroid dienone is 13. The van der Waals surface area contributed by atoms with Crippen molar-refractivity contribution in [3.05, 3.63) is 85.1 Å². The van der Waals surface area contributed by atoms with Crippen molar-refractivity contribution >= 4 is 11.9 Å². The van der Waals surface area contributed by atoms with Crippen molar-refractivity contribution in [1.82, 2.24) is 5.32 Å². The molecule has 0 saturated carbocycles. The Bertz CT molecular complexity index is 1660. The Labute approximate surface area is 502 Å². The zero-order valence-electron chi connectivity index (χ0n) is 52.6. The van der Waals surface area contributed by atoms with E-state index >= 15 is 0 Å². The quantitative estimate of drug-likeness (QED) is 0.0195. The van der Waals surface area contributed by atoms with Gasteiger partial charge in [-0.1, -0.05) is 266 Å². The molecule has 1 saturated heterocycles. The zero-order valence-corrected chi connectivity index (χ0v) is 52.6. The van der Waals surface area contributed by atoms with Gasteiger partial charge in [-0.2, -0.15) is 0 Å². The second-order valence-corrected chi connectivity index (χ2v) is 23.2. The van der Waals surface area contributed by atoms with Gasteiger partial charge in [0.05, 0.1) is 25.4 Å². The largest absolute Gasteiger partial charge is 0.454 e. The van der Waals surface area contributed by atoms with Crippen LogP contribution in [0.2, 0.25) is 0 Å². The van der Waals surface area contributed by atoms with Crippen molar-refractivity contribution < 1.29 is 49.3 Å². The topological polar surface area (TPSA) is 175 Å². The maximum Gasteiger partial charge on any atom is 0.306 e. The molecule has 0 aromatic rings. The molecule has 6 N–H and O–H groups in total. The molecule has 1 amide bonds. The van der Waals surface area contributed by atoms with Crippen LogP contribution in [0.25, 0.3) is 0 Å². The van der Waals surface area contributed by atoms with E-state index in [1.54, 1.807) is 6.08 Å². The van der Waals surface area contributed by atoms with Crippen LogP contribution in [0.15, 0.2) is 85.1 Å². The van der Waals surface area contributed by atoms with Crippen LogP contribution in [0.5, 0.6) is 0 Å². The maximum absolute atomic E-state index is 13.5. The molecule has 0 bridgehead atoms. The van der Waals surface area contributed by atoms with Gasteiger partial charge in [0.25, 0.3) is 0 Å². The number of nitrogens with one attached hydrogen (secondary N) is 1. The number of unbranched alkanes of at least 4 members (excludes halogenated alkanes) is 31. The number of carbonyl (C=O) groups is 2. The van der Waals surface area contributed by atoms with Crippen molar-refractivity contribution in [1.29, 1.82) is 0 Å². The van der Waals surface area contributed by atoms with Gasteiger partial charge in [0, 0.05) is 6.42 Å². The molecule has 1 fully saturated rings. The van der Waals surface area contributed by atoms with Crippen molar-refractivity contribution in [2.45, 2.75) is 339 Å². The van der Waals surface area contributed by atoms with Crippen LogP contribution >= 0.6 is 0 Å². The Hall–Kier alpha value is -3.16. The zero-order chi connectivity index (χ0) is 59.6. The summed E-state index contributed by atoms with van der Waals surface area (Å²) in [6.07, 6.45) is 66.1. The molecule has 11 heteroatoms. The monoisotopic (exact) mass is 1150 g/mol. The predicted molar refractivity (Wildman–Crippen MR) is 342 cm³/mol. The molecule has 0 radical (unpaired) electrons. The van der Waals surface area contributed by atoms with Gasteiger partial charge < -0.3 is 45.1 Å². The third-order valence-corrected chi connectivity index (χ3v) is 15.5. The Morgan fingerprint density at radius 2 is 0.841 bits per heavy atom. The summed E-state index contributed by atoms with van der Waals surface area (Å²) in [5.41, 5.74) is 0. The SMILES string of the molecule is CCCCC/C=C\C/C=C\C/C=C\CCCCCCCCCCC(=O)OC1C(OCC(NC(=O)C(O)CCCCCCCCC/C=C\C/C=C\C/C=C\CCCCC)C(O)/C=C/CCCCCCCCCCCC)OC(CO)C(O)C1O. The van der Waals surface area contributed by atoms with E-state index in [9.17, 15) is 35.1 Å². The molecule has 1 rings (SSSR count). The molecular formula is C71H125NO10. The number of esters is 1. The van der Waals surface area contributed by atoms with Crippen LogP contribution in [0.4, 0.5) is 0 Å². The number of amides is 1. The Kier molecular flexibility index (Phi) is 54.6. The molecule has 11 nitrogen and oxygen atoms in total. The Morgan fingerprint density at radius 1 is 0.476 bits per heavy atom. The fourth-order valence-electron chi connectivity index (χ4n) is 10.1. The Morgan fingerprint density at radius 3 is 1.28 bits per heavy atom. The molecule has 1 aliphatic heterocycles. The lowest BCUT2D eigenvalue weighted by Crippen LogP contribution is -2.61. The standard InChI is InChI=1S/C71H125NO10/c1-4-7-10-13-16-19-22-25-27-29-31-33-35-37-39-41-44-47-50-53-56-59-66(76)82-69-68(78)67(77)65(60-73)81-71(69)80-61-62(63(74)57-54-51-48-45-42-24-21-18-15-12-9-6-3)72-70(79)64(75)58-55-52-49-46-43-40-38-36-34-32-30-28-26-23-20-17-14-11-8-5-2/h16-17,19-20,25-28,31-34,54,57,62-65,67-69,71,73-75,77-78H,4-15,18,21-24,29-30,35-53,55-56,58-61H2,1-3H3,(H,72,79)/b19-16-,20-17-,27-25-,28-26-,33-31-,34-32-,57-54+. The van der Waals surface area contributed by atoms with E-state index in [4.69, 9.17) is 14.2 Å². The highest BCUT2D eigenvalue weighted by atomic mass is 16.7. The number of hydrogen-bond donors (Lipinski definition) is 6. The van der Waals surface area contributed by atoms with Gasteiger partial charge in [-0.25, -0.2) is 0 Å². The summed E-state index contributed by atoms with van der Waals surface area (Å²) >= 11 is 0. The third kappa shape index (κ3) is 45.2. The van der Waals surface area contributed by atoms with Gasteiger partial charge in [-0.05, 0) is 103 Å². The minimum absolute atomic E-state index is 0.111. The van der Waals surface area contributed by atoms with E-state index < -0.39 is 67.4 Å². The molecule has 0 aromatic heterocycles. The van der Waals surface area contributed by atoms with Crippen LogP contribution in [0.3, 0.4) is 0 Å². The summed E-state index contributed by atoms with van der Waals surface area (Å²) in [4.78, 5) is 26.6. The van der Waals surface area contributed by atoms with Crippen LogP contribution in [-0.2, 0) is 23.8 Å². The molecule has 8 atom stereocenters. The summed E-state index contributed by atoms with van der Waals surface area (Å²) in [5, 5.41) is 57.1. The number of carbonyl (C=O) groups excluding carboxylic acids is 2. The fraction of sp³-hybridized carbons (Fsp3) is 0.775. The second kappa shape index (κ2) is 58.2. The summed E-state index contributed by atoms with van der Waals surface area (Å²) in [6, 6.07) is -1.03. The lowest BCUT2D eigenvalue weighted by atomic mass is 9.99. The molecule has 82 heavy (non-hydrogen) atoms. The number of hydrogen-bond acceptors (Lipinski definition) is 10. The second-order valence-electron chi connectivity index (χ2n) is 23.2. The van der Waals surface area contributed by atoms with Crippen LogP contribution in [0.1, 0.15) is 290 Å². The van der Waals surface area contributed by atoms with Crippen molar-refractivity contribution in [3.63, 3.8) is 0 Å². The van der Waals surface area contributed by atoms with Crippen LogP contribution in [-0.4, -0.2) is 99.6 Å². The first kappa shape index (κ1) is 76.9. The highest BCUT2D eigenvalue weighted by Gasteiger charge is 2.47. The van der Waals surface area contributed by atoms with Gasteiger partial charge in [0.1, 0.15) is 24.4 Å². The Balaban J connectivity index is 2.64. The van der Waals surface area contributed by atoms with Crippen molar-refractivity contribution in [3.8, 4) is 0 Å². The third-order valence-electron chi connectivity index (χ3n) is 15.5. The molecule has 474 valence electrons. The van der Waals surface area contributed by atoms with E-state index in [1.807, 2.05) is 6.08 Å². The lowest BCUT2D eigenvalue weighted by molar-refractivity contribution is -0.305. The van der Waals surface area contributed by atoms with Gasteiger partial charge in [0.2, 0.25) is 5.91 Å². The van der Waals surface area contributed by atoms with Gasteiger partial charge >= 0.3 is 5.97 Å².